The van der Waals surface area contributed by atoms with Crippen LogP contribution >= 0.6 is 0 Å². The number of fused-ring (bicyclic) bond motifs is 3. The summed E-state index contributed by atoms with van der Waals surface area (Å²) < 4.78 is 0. The predicted molar refractivity (Wildman–Crippen MR) is 115 cm³/mol. The van der Waals surface area contributed by atoms with Crippen molar-refractivity contribution in [2.75, 3.05) is 43.4 Å². The Labute approximate surface area is 164 Å². The maximum absolute atomic E-state index is 4.79. The number of anilines is 3. The average Bonchev–Trinajstić information content (AvgIpc) is 3.12. The van der Waals surface area contributed by atoms with E-state index in [1.807, 2.05) is 24.4 Å². The average molecular weight is 372 g/mol. The Kier molecular flexibility index (Phi) is 4.33. The Balaban J connectivity index is 1.42. The number of benzene rings is 2. The molecule has 1 aliphatic rings. The van der Waals surface area contributed by atoms with E-state index >= 15 is 0 Å². The molecule has 0 saturated carbocycles. The van der Waals surface area contributed by atoms with Gasteiger partial charge in [-0.15, -0.1) is 0 Å². The van der Waals surface area contributed by atoms with E-state index < -0.39 is 0 Å². The Morgan fingerprint density at radius 1 is 0.929 bits per heavy atom. The van der Waals surface area contributed by atoms with E-state index in [0.717, 1.165) is 52.9 Å². The first-order chi connectivity index (χ1) is 13.8. The number of nitrogens with zero attached hydrogens (tertiary/aromatic N) is 4. The van der Waals surface area contributed by atoms with Crippen molar-refractivity contribution in [1.82, 2.24) is 20.1 Å². The summed E-state index contributed by atoms with van der Waals surface area (Å²) in [5, 5.41) is 13.0. The molecule has 2 aromatic heterocycles. The zero-order chi connectivity index (χ0) is 18.9. The number of aromatic amines is 1. The molecule has 3 heterocycles. The van der Waals surface area contributed by atoms with E-state index in [4.69, 9.17) is 4.98 Å². The van der Waals surface area contributed by atoms with Gasteiger partial charge in [0.25, 0.3) is 0 Å². The topological polar surface area (TPSA) is 60.1 Å². The number of hydrogen-bond acceptors (Lipinski definition) is 5. The largest absolute Gasteiger partial charge is 0.370 e. The minimum atomic E-state index is 0.777. The minimum absolute atomic E-state index is 0.777. The van der Waals surface area contributed by atoms with E-state index in [2.05, 4.69) is 62.7 Å². The number of nitrogens with one attached hydrogen (secondary N) is 2. The van der Waals surface area contributed by atoms with Crippen molar-refractivity contribution in [2.45, 2.75) is 6.42 Å². The fourth-order valence-electron chi connectivity index (χ4n) is 3.93. The zero-order valence-electron chi connectivity index (χ0n) is 16.0. The molecule has 0 atom stereocenters. The highest BCUT2D eigenvalue weighted by Gasteiger charge is 2.13. The van der Waals surface area contributed by atoms with Crippen LogP contribution in [0.5, 0.6) is 0 Å². The monoisotopic (exact) mass is 372 g/mol. The Hall–Kier alpha value is -3.12. The fraction of sp³-hybridized carbons (Fsp3) is 0.273. The van der Waals surface area contributed by atoms with Crippen LogP contribution in [0, 0.1) is 0 Å². The third-order valence-electron chi connectivity index (χ3n) is 5.51. The van der Waals surface area contributed by atoms with Gasteiger partial charge in [0, 0.05) is 48.0 Å². The molecule has 142 valence electrons. The maximum atomic E-state index is 4.79. The molecule has 0 unspecified atom stereocenters. The van der Waals surface area contributed by atoms with Gasteiger partial charge in [-0.2, -0.15) is 5.10 Å². The molecular formula is C22H24N6. The molecule has 28 heavy (non-hydrogen) atoms. The van der Waals surface area contributed by atoms with Gasteiger partial charge in [0.05, 0.1) is 5.52 Å². The van der Waals surface area contributed by atoms with Gasteiger partial charge >= 0.3 is 0 Å². The van der Waals surface area contributed by atoms with Crippen LogP contribution in [0.3, 0.4) is 0 Å². The molecule has 1 aliphatic heterocycles. The second-order valence-corrected chi connectivity index (χ2v) is 7.44. The van der Waals surface area contributed by atoms with Crippen molar-refractivity contribution >= 4 is 39.0 Å². The molecule has 0 radical (unpaired) electrons. The van der Waals surface area contributed by atoms with Crippen molar-refractivity contribution in [1.29, 1.82) is 0 Å². The zero-order valence-corrected chi connectivity index (χ0v) is 16.0. The van der Waals surface area contributed by atoms with Crippen molar-refractivity contribution in [3.05, 3.63) is 54.7 Å². The van der Waals surface area contributed by atoms with Gasteiger partial charge < -0.3 is 15.1 Å². The summed E-state index contributed by atoms with van der Waals surface area (Å²) in [5.41, 5.74) is 4.11. The van der Waals surface area contributed by atoms with Gasteiger partial charge in [-0.05, 0) is 50.3 Å². The van der Waals surface area contributed by atoms with Crippen molar-refractivity contribution in [3.8, 4) is 0 Å². The minimum Gasteiger partial charge on any atom is -0.370 e. The molecular weight excluding hydrogens is 348 g/mol. The van der Waals surface area contributed by atoms with Crippen molar-refractivity contribution < 1.29 is 0 Å². The van der Waals surface area contributed by atoms with Crippen LogP contribution in [0.15, 0.2) is 54.7 Å². The molecule has 6 heteroatoms. The molecule has 0 aliphatic carbocycles. The van der Waals surface area contributed by atoms with E-state index in [1.165, 1.54) is 18.7 Å². The fourth-order valence-corrected chi connectivity index (χ4v) is 3.93. The van der Waals surface area contributed by atoms with Gasteiger partial charge in [-0.1, -0.05) is 18.2 Å². The van der Waals surface area contributed by atoms with E-state index in [1.54, 1.807) is 0 Å². The number of rotatable bonds is 3. The molecule has 0 bridgehead atoms. The first-order valence-electron chi connectivity index (χ1n) is 9.81. The molecule has 0 spiro atoms. The summed E-state index contributed by atoms with van der Waals surface area (Å²) in [6.45, 7) is 4.46. The van der Waals surface area contributed by atoms with Crippen LogP contribution in [-0.2, 0) is 0 Å². The number of H-pyrrole nitrogens is 1. The van der Waals surface area contributed by atoms with Gasteiger partial charge in [0.2, 0.25) is 0 Å². The van der Waals surface area contributed by atoms with Crippen LogP contribution in [0.2, 0.25) is 0 Å². The lowest BCUT2D eigenvalue weighted by Crippen LogP contribution is -2.28. The lowest BCUT2D eigenvalue weighted by molar-refractivity contribution is 0.360. The lowest BCUT2D eigenvalue weighted by Gasteiger charge is -2.23. The quantitative estimate of drug-likeness (QED) is 0.569. The second-order valence-electron chi connectivity index (χ2n) is 7.44. The number of para-hydroxylation sites is 1. The van der Waals surface area contributed by atoms with Crippen LogP contribution in [-0.4, -0.2) is 53.3 Å². The van der Waals surface area contributed by atoms with Gasteiger partial charge in [0.15, 0.2) is 5.82 Å². The number of aromatic nitrogens is 3. The molecule has 2 N–H and O–H groups in total. The number of likely N-dealkylation sites (N-methyl/N-ethyl adjacent to an activating group) is 1. The molecule has 1 saturated heterocycles. The SMILES string of the molecule is CN1CCCN(c2ccc(Nc3nc4ccccc4c4c[nH]nc34)cc2)CC1. The first kappa shape index (κ1) is 17.0. The maximum Gasteiger partial charge on any atom is 0.159 e. The summed E-state index contributed by atoms with van der Waals surface area (Å²) in [4.78, 5) is 9.66. The highest BCUT2D eigenvalue weighted by atomic mass is 15.2. The molecule has 1 fully saturated rings. The van der Waals surface area contributed by atoms with Gasteiger partial charge in [0.1, 0.15) is 5.52 Å². The smallest absolute Gasteiger partial charge is 0.159 e. The van der Waals surface area contributed by atoms with Gasteiger partial charge in [-0.25, -0.2) is 4.98 Å². The molecule has 6 nitrogen and oxygen atoms in total. The predicted octanol–water partition coefficient (Wildman–Crippen LogP) is 4.00. The standard InChI is InChI=1S/C22H24N6/c1-27-11-4-12-28(14-13-27)17-9-7-16(8-10-17)24-22-21-19(15-23-26-21)18-5-2-3-6-20(18)25-22/h2-3,5-10,15H,4,11-14H2,1H3,(H,23,26)(H,24,25). The Morgan fingerprint density at radius 2 is 1.79 bits per heavy atom. The van der Waals surface area contributed by atoms with Crippen LogP contribution in [0.25, 0.3) is 21.8 Å². The molecule has 5 rings (SSSR count). The lowest BCUT2D eigenvalue weighted by atomic mass is 10.1. The van der Waals surface area contributed by atoms with E-state index in [-0.39, 0.29) is 0 Å². The number of pyridine rings is 1. The summed E-state index contributed by atoms with van der Waals surface area (Å²) in [7, 11) is 2.20. The second kappa shape index (κ2) is 7.13. The summed E-state index contributed by atoms with van der Waals surface area (Å²) in [6.07, 6.45) is 3.14. The Morgan fingerprint density at radius 3 is 2.68 bits per heavy atom. The van der Waals surface area contributed by atoms with E-state index in [9.17, 15) is 0 Å². The van der Waals surface area contributed by atoms with Crippen molar-refractivity contribution in [3.63, 3.8) is 0 Å². The third-order valence-corrected chi connectivity index (χ3v) is 5.51. The van der Waals surface area contributed by atoms with E-state index in [0.29, 0.717) is 0 Å². The first-order valence-corrected chi connectivity index (χ1v) is 9.81. The van der Waals surface area contributed by atoms with Crippen LogP contribution < -0.4 is 10.2 Å². The van der Waals surface area contributed by atoms with Gasteiger partial charge in [-0.3, -0.25) is 5.10 Å². The molecule has 2 aromatic carbocycles. The highest BCUT2D eigenvalue weighted by Crippen LogP contribution is 2.30. The van der Waals surface area contributed by atoms with Crippen molar-refractivity contribution in [2.24, 2.45) is 0 Å². The highest BCUT2D eigenvalue weighted by molar-refractivity contribution is 6.08. The summed E-state index contributed by atoms with van der Waals surface area (Å²) in [6, 6.07) is 16.8. The molecule has 0 amide bonds. The normalized spacial score (nSPS) is 15.8. The summed E-state index contributed by atoms with van der Waals surface area (Å²) in [5.74, 6) is 0.777. The number of hydrogen-bond donors (Lipinski definition) is 2. The third kappa shape index (κ3) is 3.16. The molecule has 4 aromatic rings. The summed E-state index contributed by atoms with van der Waals surface area (Å²) >= 11 is 0. The Bertz CT molecular complexity index is 1100. The van der Waals surface area contributed by atoms with Crippen LogP contribution in [0.1, 0.15) is 6.42 Å². The van der Waals surface area contributed by atoms with Crippen LogP contribution in [0.4, 0.5) is 17.2 Å².